The molecule has 2 unspecified atom stereocenters. The Hall–Kier alpha value is -3.11. The van der Waals surface area contributed by atoms with Crippen molar-refractivity contribution in [2.24, 2.45) is 5.10 Å². The van der Waals surface area contributed by atoms with Gasteiger partial charge in [0.25, 0.3) is 0 Å². The van der Waals surface area contributed by atoms with E-state index < -0.39 is 18.4 Å². The molecule has 11 heteroatoms. The van der Waals surface area contributed by atoms with Gasteiger partial charge < -0.3 is 19.7 Å². The zero-order valence-corrected chi connectivity index (χ0v) is 17.0. The third kappa shape index (κ3) is 5.49. The molecular weight excluding hydrogens is 397 g/mol. The number of ether oxygens (including phenoxy) is 2. The molecular formula is C19H26FN5O5. The van der Waals surface area contributed by atoms with E-state index in [9.17, 15) is 18.8 Å². The third-order valence-electron chi connectivity index (χ3n) is 4.89. The second kappa shape index (κ2) is 9.59. The quantitative estimate of drug-likeness (QED) is 0.598. The summed E-state index contributed by atoms with van der Waals surface area (Å²) in [5.74, 6) is -0.540. The molecule has 0 aromatic heterocycles. The van der Waals surface area contributed by atoms with E-state index in [0.717, 1.165) is 0 Å². The van der Waals surface area contributed by atoms with Crippen LogP contribution in [0.1, 0.15) is 20.3 Å². The number of rotatable bonds is 7. The number of cyclic esters (lactones) is 1. The molecule has 0 aromatic rings. The molecule has 3 rings (SSSR count). The Labute approximate surface area is 173 Å². The number of hydrogen-bond donors (Lipinski definition) is 1. The minimum absolute atomic E-state index is 0.0499. The molecule has 0 aromatic carbocycles. The summed E-state index contributed by atoms with van der Waals surface area (Å²) < 4.78 is 25.0. The van der Waals surface area contributed by atoms with Gasteiger partial charge in [0.15, 0.2) is 0 Å². The Kier molecular flexibility index (Phi) is 6.91. The molecule has 0 spiro atoms. The minimum atomic E-state index is -1.29. The fourth-order valence-corrected chi connectivity index (χ4v) is 3.37. The lowest BCUT2D eigenvalue weighted by atomic mass is 10.0. The van der Waals surface area contributed by atoms with Crippen molar-refractivity contribution in [3.8, 4) is 0 Å². The van der Waals surface area contributed by atoms with Gasteiger partial charge in [0.1, 0.15) is 25.2 Å². The number of nitrogens with zero attached hydrogens (tertiary/aromatic N) is 4. The van der Waals surface area contributed by atoms with Gasteiger partial charge in [0.2, 0.25) is 5.91 Å². The SMILES string of the molecule is CC(=O)NCC1CN(C2=CC=C(N3C=NN(CCOC(C)=O)CC3)C(F)C2)C(=O)O1. The number of hydrogen-bond acceptors (Lipinski definition) is 8. The fourth-order valence-electron chi connectivity index (χ4n) is 3.37. The molecule has 1 saturated heterocycles. The maximum absolute atomic E-state index is 14.9. The molecule has 3 aliphatic rings. The highest BCUT2D eigenvalue weighted by Crippen LogP contribution is 2.29. The van der Waals surface area contributed by atoms with Gasteiger partial charge in [-0.15, -0.1) is 0 Å². The van der Waals surface area contributed by atoms with Crippen LogP contribution in [0.2, 0.25) is 0 Å². The van der Waals surface area contributed by atoms with Crippen LogP contribution >= 0.6 is 0 Å². The Balaban J connectivity index is 1.57. The Morgan fingerprint density at radius 3 is 2.77 bits per heavy atom. The predicted molar refractivity (Wildman–Crippen MR) is 105 cm³/mol. The van der Waals surface area contributed by atoms with Crippen molar-refractivity contribution in [1.82, 2.24) is 20.1 Å². The lowest BCUT2D eigenvalue weighted by molar-refractivity contribution is -0.141. The molecule has 2 atom stereocenters. The molecule has 164 valence electrons. The number of allylic oxidation sites excluding steroid dienone is 4. The van der Waals surface area contributed by atoms with E-state index in [1.165, 1.54) is 18.7 Å². The summed E-state index contributed by atoms with van der Waals surface area (Å²) in [6.07, 6.45) is 2.69. The zero-order valence-electron chi connectivity index (χ0n) is 17.0. The first-order chi connectivity index (χ1) is 14.3. The van der Waals surface area contributed by atoms with Gasteiger partial charge in [0.05, 0.1) is 31.9 Å². The van der Waals surface area contributed by atoms with Crippen LogP contribution in [0.3, 0.4) is 0 Å². The summed E-state index contributed by atoms with van der Waals surface area (Å²) in [6, 6.07) is 0. The van der Waals surface area contributed by atoms with E-state index in [2.05, 4.69) is 10.4 Å². The first-order valence-corrected chi connectivity index (χ1v) is 9.80. The summed E-state index contributed by atoms with van der Waals surface area (Å²) in [5, 5.41) is 8.64. The number of carbonyl (C=O) groups is 3. The third-order valence-corrected chi connectivity index (χ3v) is 4.89. The number of amides is 2. The average molecular weight is 423 g/mol. The molecule has 0 saturated carbocycles. The summed E-state index contributed by atoms with van der Waals surface area (Å²) >= 11 is 0. The van der Waals surface area contributed by atoms with Gasteiger partial charge in [-0.1, -0.05) is 0 Å². The number of halogens is 1. The highest BCUT2D eigenvalue weighted by Gasteiger charge is 2.36. The van der Waals surface area contributed by atoms with Crippen LogP contribution in [0.25, 0.3) is 0 Å². The summed E-state index contributed by atoms with van der Waals surface area (Å²) in [5.41, 5.74) is 1.02. The first kappa shape index (κ1) is 21.6. The first-order valence-electron chi connectivity index (χ1n) is 9.80. The van der Waals surface area contributed by atoms with Crippen LogP contribution in [-0.4, -0.2) is 90.7 Å². The fraction of sp³-hybridized carbons (Fsp3) is 0.579. The Morgan fingerprint density at radius 1 is 1.33 bits per heavy atom. The van der Waals surface area contributed by atoms with Gasteiger partial charge >= 0.3 is 12.1 Å². The molecule has 0 radical (unpaired) electrons. The zero-order chi connectivity index (χ0) is 21.7. The lowest BCUT2D eigenvalue weighted by Gasteiger charge is -2.34. The normalized spacial score (nSPS) is 23.7. The number of nitrogens with one attached hydrogen (secondary N) is 1. The lowest BCUT2D eigenvalue weighted by Crippen LogP contribution is -2.41. The number of alkyl halides is 1. The van der Waals surface area contributed by atoms with E-state index in [1.807, 2.05) is 0 Å². The van der Waals surface area contributed by atoms with Crippen molar-refractivity contribution in [1.29, 1.82) is 0 Å². The molecule has 2 amide bonds. The van der Waals surface area contributed by atoms with Crippen molar-refractivity contribution in [3.05, 3.63) is 23.5 Å². The maximum Gasteiger partial charge on any atom is 0.414 e. The van der Waals surface area contributed by atoms with E-state index in [4.69, 9.17) is 9.47 Å². The number of esters is 1. The standard InChI is InChI=1S/C19H26FN5O5/c1-13(26)21-10-16-11-25(19(28)30-16)15-3-4-18(17(20)9-15)23-5-6-24(22-12-23)7-8-29-14(2)27/h3-4,12,16-17H,5-11H2,1-2H3,(H,21,26). The van der Waals surface area contributed by atoms with Crippen molar-refractivity contribution >= 4 is 24.3 Å². The highest BCUT2D eigenvalue weighted by atomic mass is 19.1. The second-order valence-corrected chi connectivity index (χ2v) is 7.19. The van der Waals surface area contributed by atoms with Crippen LogP contribution in [0.4, 0.5) is 9.18 Å². The Morgan fingerprint density at radius 2 is 2.13 bits per heavy atom. The molecule has 1 fully saturated rings. The van der Waals surface area contributed by atoms with Crippen LogP contribution in [-0.2, 0) is 19.1 Å². The smallest absolute Gasteiger partial charge is 0.414 e. The maximum atomic E-state index is 14.9. The minimum Gasteiger partial charge on any atom is -0.464 e. The van der Waals surface area contributed by atoms with Crippen molar-refractivity contribution in [3.63, 3.8) is 0 Å². The summed E-state index contributed by atoms with van der Waals surface area (Å²) in [4.78, 5) is 37.1. The molecule has 2 aliphatic heterocycles. The van der Waals surface area contributed by atoms with Crippen LogP contribution in [0.15, 0.2) is 28.6 Å². The van der Waals surface area contributed by atoms with Gasteiger partial charge in [-0.2, -0.15) is 5.10 Å². The van der Waals surface area contributed by atoms with E-state index >= 15 is 0 Å². The molecule has 30 heavy (non-hydrogen) atoms. The molecule has 0 bridgehead atoms. The van der Waals surface area contributed by atoms with Crippen LogP contribution in [0, 0.1) is 0 Å². The van der Waals surface area contributed by atoms with Gasteiger partial charge in [0, 0.05) is 32.5 Å². The largest absolute Gasteiger partial charge is 0.464 e. The van der Waals surface area contributed by atoms with Gasteiger partial charge in [-0.25, -0.2) is 9.18 Å². The van der Waals surface area contributed by atoms with Crippen LogP contribution < -0.4 is 5.32 Å². The number of hydrazone groups is 1. The van der Waals surface area contributed by atoms with Gasteiger partial charge in [-0.05, 0) is 12.2 Å². The Bertz CT molecular complexity index is 783. The summed E-state index contributed by atoms with van der Waals surface area (Å²) in [7, 11) is 0. The number of carbonyl (C=O) groups excluding carboxylic acids is 3. The highest BCUT2D eigenvalue weighted by molar-refractivity contribution is 5.74. The van der Waals surface area contributed by atoms with Gasteiger partial charge in [-0.3, -0.25) is 19.5 Å². The molecule has 1 aliphatic carbocycles. The topological polar surface area (TPSA) is 104 Å². The monoisotopic (exact) mass is 423 g/mol. The predicted octanol–water partition coefficient (Wildman–Crippen LogP) is 0.577. The molecule has 2 heterocycles. The van der Waals surface area contributed by atoms with E-state index in [1.54, 1.807) is 28.4 Å². The molecule has 10 nitrogen and oxygen atoms in total. The van der Waals surface area contributed by atoms with E-state index in [-0.39, 0.29) is 38.0 Å². The summed E-state index contributed by atoms with van der Waals surface area (Å²) in [6.45, 7) is 5.08. The second-order valence-electron chi connectivity index (χ2n) is 7.19. The van der Waals surface area contributed by atoms with E-state index in [0.29, 0.717) is 31.0 Å². The van der Waals surface area contributed by atoms with Crippen molar-refractivity contribution in [2.45, 2.75) is 32.5 Å². The van der Waals surface area contributed by atoms with Crippen LogP contribution in [0.5, 0.6) is 0 Å². The molecule has 1 N–H and O–H groups in total. The van der Waals surface area contributed by atoms with Crippen molar-refractivity contribution < 1.29 is 28.2 Å². The average Bonchev–Trinajstić information content (AvgIpc) is 3.07. The van der Waals surface area contributed by atoms with Crippen molar-refractivity contribution in [2.75, 3.05) is 39.3 Å².